The number of nitrogens with zero attached hydrogens (tertiary/aromatic N) is 1. The maximum atomic E-state index is 12.4. The lowest BCUT2D eigenvalue weighted by molar-refractivity contribution is -0.149. The van der Waals surface area contributed by atoms with Gasteiger partial charge in [-0.3, -0.25) is 14.4 Å². The molecule has 0 unspecified atom stereocenters. The fraction of sp³-hybridized carbons (Fsp3) is 0.833. The van der Waals surface area contributed by atoms with E-state index >= 15 is 0 Å². The molecule has 1 saturated heterocycles. The van der Waals surface area contributed by atoms with Gasteiger partial charge in [-0.2, -0.15) is 0 Å². The van der Waals surface area contributed by atoms with Gasteiger partial charge in [0.1, 0.15) is 0 Å². The topological polar surface area (TPSA) is 86.7 Å². The van der Waals surface area contributed by atoms with Crippen molar-refractivity contribution in [2.75, 3.05) is 19.6 Å². The van der Waals surface area contributed by atoms with Crippen LogP contribution < -0.4 is 5.32 Å². The quantitative estimate of drug-likeness (QED) is 0.801. The van der Waals surface area contributed by atoms with E-state index < -0.39 is 11.4 Å². The lowest BCUT2D eigenvalue weighted by Gasteiger charge is -2.23. The summed E-state index contributed by atoms with van der Waals surface area (Å²) < 4.78 is 0. The van der Waals surface area contributed by atoms with E-state index in [0.717, 1.165) is 25.7 Å². The van der Waals surface area contributed by atoms with Crippen LogP contribution in [-0.4, -0.2) is 47.4 Å². The molecule has 0 radical (unpaired) electrons. The molecular formula is C18H28N2O4. The lowest BCUT2D eigenvalue weighted by atomic mass is 9.81. The molecule has 2 saturated carbocycles. The average molecular weight is 336 g/mol. The Labute approximate surface area is 143 Å². The number of fused-ring (bicyclic) bond motifs is 1. The van der Waals surface area contributed by atoms with Crippen LogP contribution in [0.4, 0.5) is 0 Å². The molecule has 1 heterocycles. The predicted octanol–water partition coefficient (Wildman–Crippen LogP) is 1.79. The second-order valence-corrected chi connectivity index (χ2v) is 7.81. The molecule has 2 amide bonds. The van der Waals surface area contributed by atoms with Gasteiger partial charge in [0.15, 0.2) is 0 Å². The summed E-state index contributed by atoms with van der Waals surface area (Å²) in [6.07, 6.45) is 8.85. The Bertz CT molecular complexity index is 515. The number of aliphatic carboxylic acids is 1. The van der Waals surface area contributed by atoms with Crippen molar-refractivity contribution in [1.82, 2.24) is 10.2 Å². The number of amides is 2. The first-order valence-electron chi connectivity index (χ1n) is 9.29. The summed E-state index contributed by atoms with van der Waals surface area (Å²) in [5.41, 5.74) is -0.748. The third kappa shape index (κ3) is 3.42. The van der Waals surface area contributed by atoms with Crippen LogP contribution in [0.15, 0.2) is 0 Å². The van der Waals surface area contributed by atoms with Crippen LogP contribution in [0, 0.1) is 17.3 Å². The highest BCUT2D eigenvalue weighted by Crippen LogP contribution is 2.48. The molecule has 6 nitrogen and oxygen atoms in total. The zero-order valence-corrected chi connectivity index (χ0v) is 14.3. The zero-order valence-electron chi connectivity index (χ0n) is 14.3. The van der Waals surface area contributed by atoms with Crippen molar-refractivity contribution in [2.45, 2.75) is 57.8 Å². The van der Waals surface area contributed by atoms with Gasteiger partial charge in [-0.1, -0.05) is 25.7 Å². The number of nitrogens with one attached hydrogen (secondary N) is 1. The van der Waals surface area contributed by atoms with Gasteiger partial charge in [-0.15, -0.1) is 0 Å². The summed E-state index contributed by atoms with van der Waals surface area (Å²) in [4.78, 5) is 37.7. The van der Waals surface area contributed by atoms with Crippen molar-refractivity contribution in [3.05, 3.63) is 0 Å². The Hall–Kier alpha value is -1.59. The molecule has 0 aromatic heterocycles. The van der Waals surface area contributed by atoms with Gasteiger partial charge in [0.2, 0.25) is 11.8 Å². The van der Waals surface area contributed by atoms with Crippen LogP contribution in [-0.2, 0) is 14.4 Å². The molecule has 1 aliphatic heterocycles. The second kappa shape index (κ2) is 7.11. The molecular weight excluding hydrogens is 308 g/mol. The highest BCUT2D eigenvalue weighted by Gasteiger charge is 2.55. The minimum atomic E-state index is -0.776. The van der Waals surface area contributed by atoms with E-state index in [1.54, 1.807) is 4.90 Å². The number of likely N-dealkylation sites (tertiary alicyclic amines) is 1. The molecule has 2 aliphatic carbocycles. The van der Waals surface area contributed by atoms with E-state index in [0.29, 0.717) is 31.8 Å². The van der Waals surface area contributed by atoms with Gasteiger partial charge >= 0.3 is 5.97 Å². The Balaban J connectivity index is 1.46. The molecule has 24 heavy (non-hydrogen) atoms. The minimum absolute atomic E-state index is 0.00598. The predicted molar refractivity (Wildman–Crippen MR) is 88.2 cm³/mol. The fourth-order valence-corrected chi connectivity index (χ4v) is 4.84. The molecule has 2 atom stereocenters. The lowest BCUT2D eigenvalue weighted by Crippen LogP contribution is -2.41. The first kappa shape index (κ1) is 17.2. The molecule has 3 aliphatic rings. The van der Waals surface area contributed by atoms with Crippen LogP contribution in [0.2, 0.25) is 0 Å². The van der Waals surface area contributed by atoms with Gasteiger partial charge in [0.25, 0.3) is 0 Å². The van der Waals surface area contributed by atoms with Gasteiger partial charge in [-0.05, 0) is 37.5 Å². The number of carbonyl (C=O) groups is 3. The third-order valence-corrected chi connectivity index (χ3v) is 6.28. The number of rotatable bonds is 5. The molecule has 134 valence electrons. The molecule has 0 aromatic rings. The van der Waals surface area contributed by atoms with Gasteiger partial charge in [-0.25, -0.2) is 0 Å². The fourth-order valence-electron chi connectivity index (χ4n) is 4.84. The Morgan fingerprint density at radius 1 is 1.08 bits per heavy atom. The van der Waals surface area contributed by atoms with Gasteiger partial charge < -0.3 is 15.3 Å². The van der Waals surface area contributed by atoms with Crippen LogP contribution >= 0.6 is 0 Å². The number of carbonyl (C=O) groups excluding carboxylic acids is 2. The highest BCUT2D eigenvalue weighted by molar-refractivity contribution is 5.86. The van der Waals surface area contributed by atoms with Crippen LogP contribution in [0.3, 0.4) is 0 Å². The molecule has 3 rings (SSSR count). The van der Waals surface area contributed by atoms with Gasteiger partial charge in [0, 0.05) is 19.5 Å². The first-order valence-corrected chi connectivity index (χ1v) is 9.29. The summed E-state index contributed by atoms with van der Waals surface area (Å²) in [6, 6.07) is 0. The minimum Gasteiger partial charge on any atom is -0.481 e. The zero-order chi connectivity index (χ0) is 17.2. The maximum Gasteiger partial charge on any atom is 0.311 e. The van der Waals surface area contributed by atoms with E-state index in [2.05, 4.69) is 5.32 Å². The normalized spacial score (nSPS) is 30.2. The molecule has 2 N–H and O–H groups in total. The highest BCUT2D eigenvalue weighted by atomic mass is 16.4. The second-order valence-electron chi connectivity index (χ2n) is 7.81. The number of hydrogen-bond acceptors (Lipinski definition) is 3. The number of hydrogen-bond donors (Lipinski definition) is 2. The first-order chi connectivity index (χ1) is 11.5. The van der Waals surface area contributed by atoms with E-state index in [1.165, 1.54) is 19.3 Å². The van der Waals surface area contributed by atoms with E-state index in [4.69, 9.17) is 0 Å². The van der Waals surface area contributed by atoms with E-state index in [1.807, 2.05) is 0 Å². The van der Waals surface area contributed by atoms with Crippen molar-refractivity contribution in [2.24, 2.45) is 17.3 Å². The monoisotopic (exact) mass is 336 g/mol. The Kier molecular flexibility index (Phi) is 5.11. The Morgan fingerprint density at radius 2 is 1.83 bits per heavy atom. The molecule has 0 bridgehead atoms. The van der Waals surface area contributed by atoms with Crippen LogP contribution in [0.25, 0.3) is 0 Å². The van der Waals surface area contributed by atoms with Crippen LogP contribution in [0.5, 0.6) is 0 Å². The SMILES string of the molecule is O=C(CC1CCCCC1)NCC(=O)N1C[C@@H]2CCC[C@@]2(C(=O)O)C1. The number of carboxylic acids is 1. The van der Waals surface area contributed by atoms with Crippen molar-refractivity contribution in [1.29, 1.82) is 0 Å². The third-order valence-electron chi connectivity index (χ3n) is 6.28. The Morgan fingerprint density at radius 3 is 2.50 bits per heavy atom. The van der Waals surface area contributed by atoms with Crippen molar-refractivity contribution >= 4 is 17.8 Å². The number of carboxylic acid groups (broad SMARTS) is 1. The summed E-state index contributed by atoms with van der Waals surface area (Å²) >= 11 is 0. The summed E-state index contributed by atoms with van der Waals surface area (Å²) in [5.74, 6) is -0.460. The van der Waals surface area contributed by atoms with E-state index in [9.17, 15) is 19.5 Å². The molecule has 0 aromatic carbocycles. The van der Waals surface area contributed by atoms with Crippen molar-refractivity contribution in [3.8, 4) is 0 Å². The molecule has 0 spiro atoms. The molecule has 3 fully saturated rings. The summed E-state index contributed by atoms with van der Waals surface area (Å²) in [5, 5.41) is 12.3. The molecule has 6 heteroatoms. The maximum absolute atomic E-state index is 12.4. The average Bonchev–Trinajstić information content (AvgIpc) is 3.12. The van der Waals surface area contributed by atoms with Gasteiger partial charge in [0.05, 0.1) is 12.0 Å². The largest absolute Gasteiger partial charge is 0.481 e. The summed E-state index contributed by atoms with van der Waals surface area (Å²) in [6.45, 7) is 0.807. The smallest absolute Gasteiger partial charge is 0.311 e. The van der Waals surface area contributed by atoms with Crippen molar-refractivity contribution in [3.63, 3.8) is 0 Å². The van der Waals surface area contributed by atoms with Crippen molar-refractivity contribution < 1.29 is 19.5 Å². The standard InChI is InChI=1S/C18H28N2O4/c21-15(9-13-5-2-1-3-6-13)19-10-16(22)20-11-14-7-4-8-18(14,12-20)17(23)24/h13-14H,1-12H2,(H,19,21)(H,23,24)/t14-,18+/m0/s1. The van der Waals surface area contributed by atoms with Crippen LogP contribution in [0.1, 0.15) is 57.8 Å². The van der Waals surface area contributed by atoms with E-state index in [-0.39, 0.29) is 24.3 Å². The summed E-state index contributed by atoms with van der Waals surface area (Å²) in [7, 11) is 0.